The van der Waals surface area contributed by atoms with Gasteiger partial charge in [0.1, 0.15) is 6.07 Å². The van der Waals surface area contributed by atoms with Gasteiger partial charge in [0.25, 0.3) is 0 Å². The Bertz CT molecular complexity index is 946. The van der Waals surface area contributed by atoms with Crippen LogP contribution in [0, 0.1) is 11.3 Å². The summed E-state index contributed by atoms with van der Waals surface area (Å²) in [5.74, 6) is -0.407. The molecule has 0 saturated carbocycles. The topological polar surface area (TPSA) is 85.7 Å². The van der Waals surface area contributed by atoms with Crippen LogP contribution >= 0.6 is 0 Å². The van der Waals surface area contributed by atoms with Gasteiger partial charge >= 0.3 is 5.97 Å². The molecule has 7 heteroatoms. The highest BCUT2D eigenvalue weighted by atomic mass is 16.5. The predicted molar refractivity (Wildman–Crippen MR) is 87.9 cm³/mol. The highest BCUT2D eigenvalue weighted by Crippen LogP contribution is 2.24. The van der Waals surface area contributed by atoms with E-state index in [0.29, 0.717) is 17.9 Å². The van der Waals surface area contributed by atoms with Crippen LogP contribution in [-0.4, -0.2) is 32.1 Å². The molecule has 0 spiro atoms. The maximum atomic E-state index is 11.7. The number of benzene rings is 1. The Morgan fingerprint density at radius 3 is 2.88 bits per heavy atom. The first-order valence-corrected chi connectivity index (χ1v) is 7.69. The van der Waals surface area contributed by atoms with E-state index in [9.17, 15) is 10.1 Å². The van der Waals surface area contributed by atoms with Crippen molar-refractivity contribution in [2.75, 3.05) is 6.61 Å². The molecule has 0 atom stereocenters. The number of aromatic nitrogens is 4. The maximum Gasteiger partial charge on any atom is 0.341 e. The summed E-state index contributed by atoms with van der Waals surface area (Å²) in [6.45, 7) is 6.10. The van der Waals surface area contributed by atoms with Gasteiger partial charge in [0.05, 0.1) is 29.6 Å². The molecule has 0 aliphatic rings. The molecule has 0 bridgehead atoms. The van der Waals surface area contributed by atoms with Crippen molar-refractivity contribution in [1.82, 2.24) is 19.6 Å². The van der Waals surface area contributed by atoms with Crippen LogP contribution in [0.2, 0.25) is 0 Å². The molecule has 0 aliphatic carbocycles. The minimum atomic E-state index is -0.407. The lowest BCUT2D eigenvalue weighted by Crippen LogP contribution is -2.03. The first-order chi connectivity index (χ1) is 11.5. The second-order valence-corrected chi connectivity index (χ2v) is 5.59. The third-order valence-corrected chi connectivity index (χ3v) is 3.64. The SMILES string of the molecule is CCOC(=O)c1cnn(-c2ccc3c(c2)c(C#N)nn3C(C)C)c1. The van der Waals surface area contributed by atoms with Gasteiger partial charge < -0.3 is 4.74 Å². The van der Waals surface area contributed by atoms with Crippen molar-refractivity contribution in [2.24, 2.45) is 0 Å². The second-order valence-electron chi connectivity index (χ2n) is 5.59. The standard InChI is InChI=1S/C17H17N5O2/c1-4-24-17(23)12-9-19-21(10-12)13-5-6-16-14(7-13)15(8-18)20-22(16)11(2)3/h5-7,9-11H,4H2,1-3H3. The Kier molecular flexibility index (Phi) is 4.04. The molecule has 2 heterocycles. The average Bonchev–Trinajstić information content (AvgIpc) is 3.19. The van der Waals surface area contributed by atoms with Crippen LogP contribution in [0.1, 0.15) is 42.9 Å². The van der Waals surface area contributed by atoms with Crippen molar-refractivity contribution in [3.8, 4) is 11.8 Å². The number of nitrogens with zero attached hydrogens (tertiary/aromatic N) is 5. The van der Waals surface area contributed by atoms with E-state index < -0.39 is 5.97 Å². The zero-order chi connectivity index (χ0) is 17.3. The van der Waals surface area contributed by atoms with E-state index in [1.54, 1.807) is 17.8 Å². The van der Waals surface area contributed by atoms with Crippen molar-refractivity contribution in [2.45, 2.75) is 26.8 Å². The van der Waals surface area contributed by atoms with Crippen molar-refractivity contribution >= 4 is 16.9 Å². The maximum absolute atomic E-state index is 11.7. The van der Waals surface area contributed by atoms with Crippen LogP contribution < -0.4 is 0 Å². The number of esters is 1. The number of carbonyl (C=O) groups is 1. The van der Waals surface area contributed by atoms with Gasteiger partial charge in [-0.05, 0) is 39.0 Å². The Morgan fingerprint density at radius 2 is 2.21 bits per heavy atom. The highest BCUT2D eigenvalue weighted by molar-refractivity contribution is 5.89. The molecule has 3 rings (SSSR count). The van der Waals surface area contributed by atoms with Gasteiger partial charge in [-0.15, -0.1) is 0 Å². The number of rotatable bonds is 4. The number of hydrogen-bond acceptors (Lipinski definition) is 5. The molecule has 7 nitrogen and oxygen atoms in total. The monoisotopic (exact) mass is 323 g/mol. The third kappa shape index (κ3) is 2.63. The summed E-state index contributed by atoms with van der Waals surface area (Å²) >= 11 is 0. The van der Waals surface area contributed by atoms with Crippen molar-refractivity contribution in [1.29, 1.82) is 5.26 Å². The number of nitriles is 1. The summed E-state index contributed by atoms with van der Waals surface area (Å²) in [7, 11) is 0. The lowest BCUT2D eigenvalue weighted by atomic mass is 10.2. The minimum absolute atomic E-state index is 0.153. The molecular weight excluding hydrogens is 306 g/mol. The van der Waals surface area contributed by atoms with Crippen LogP contribution in [0.15, 0.2) is 30.6 Å². The quantitative estimate of drug-likeness (QED) is 0.689. The molecule has 0 aliphatic heterocycles. The third-order valence-electron chi connectivity index (χ3n) is 3.64. The zero-order valence-electron chi connectivity index (χ0n) is 13.7. The lowest BCUT2D eigenvalue weighted by molar-refractivity contribution is 0.0526. The average molecular weight is 323 g/mol. The van der Waals surface area contributed by atoms with Crippen LogP contribution in [0.5, 0.6) is 0 Å². The highest BCUT2D eigenvalue weighted by Gasteiger charge is 2.15. The fraction of sp³-hybridized carbons (Fsp3) is 0.294. The minimum Gasteiger partial charge on any atom is -0.462 e. The summed E-state index contributed by atoms with van der Waals surface area (Å²) in [6.07, 6.45) is 3.07. The molecule has 0 unspecified atom stereocenters. The fourth-order valence-corrected chi connectivity index (χ4v) is 2.53. The zero-order valence-corrected chi connectivity index (χ0v) is 13.7. The Balaban J connectivity index is 2.06. The molecule has 0 amide bonds. The van der Waals surface area contributed by atoms with Crippen molar-refractivity contribution in [3.05, 3.63) is 41.9 Å². The molecule has 0 N–H and O–H groups in total. The van der Waals surface area contributed by atoms with Crippen molar-refractivity contribution in [3.63, 3.8) is 0 Å². The van der Waals surface area contributed by atoms with Gasteiger partial charge in [0.15, 0.2) is 5.69 Å². The van der Waals surface area contributed by atoms with Gasteiger partial charge in [0, 0.05) is 17.6 Å². The van der Waals surface area contributed by atoms with Crippen LogP contribution in [0.3, 0.4) is 0 Å². The van der Waals surface area contributed by atoms with Gasteiger partial charge in [0.2, 0.25) is 0 Å². The fourth-order valence-electron chi connectivity index (χ4n) is 2.53. The Hall–Kier alpha value is -3.14. The molecule has 24 heavy (non-hydrogen) atoms. The number of ether oxygens (including phenoxy) is 1. The first kappa shape index (κ1) is 15.7. The number of carbonyl (C=O) groups excluding carboxylic acids is 1. The summed E-state index contributed by atoms with van der Waals surface area (Å²) in [5.41, 5.74) is 2.40. The molecule has 0 radical (unpaired) electrons. The van der Waals surface area contributed by atoms with Gasteiger partial charge in [-0.25, -0.2) is 9.48 Å². The van der Waals surface area contributed by atoms with Crippen molar-refractivity contribution < 1.29 is 9.53 Å². The van der Waals surface area contributed by atoms with Crippen LogP contribution in [0.4, 0.5) is 0 Å². The second kappa shape index (κ2) is 6.16. The van der Waals surface area contributed by atoms with Gasteiger partial charge in [-0.1, -0.05) is 0 Å². The summed E-state index contributed by atoms with van der Waals surface area (Å²) in [6, 6.07) is 7.92. The van der Waals surface area contributed by atoms with Crippen LogP contribution in [0.25, 0.3) is 16.6 Å². The van der Waals surface area contributed by atoms with E-state index in [1.165, 1.54) is 6.20 Å². The first-order valence-electron chi connectivity index (χ1n) is 7.69. The van der Waals surface area contributed by atoms with Crippen LogP contribution in [-0.2, 0) is 4.74 Å². The van der Waals surface area contributed by atoms with E-state index >= 15 is 0 Å². The molecule has 2 aromatic heterocycles. The van der Waals surface area contributed by atoms with E-state index in [1.807, 2.05) is 36.7 Å². The largest absolute Gasteiger partial charge is 0.462 e. The molecule has 0 saturated heterocycles. The predicted octanol–water partition coefficient (Wildman–Crippen LogP) is 2.85. The lowest BCUT2D eigenvalue weighted by Gasteiger charge is -2.07. The van der Waals surface area contributed by atoms with Gasteiger partial charge in [-0.3, -0.25) is 4.68 Å². The smallest absolute Gasteiger partial charge is 0.341 e. The summed E-state index contributed by atoms with van der Waals surface area (Å²) in [5, 5.41) is 18.6. The summed E-state index contributed by atoms with van der Waals surface area (Å²) < 4.78 is 8.37. The summed E-state index contributed by atoms with van der Waals surface area (Å²) in [4.78, 5) is 11.7. The van der Waals surface area contributed by atoms with E-state index in [0.717, 1.165) is 16.6 Å². The van der Waals surface area contributed by atoms with E-state index in [2.05, 4.69) is 16.3 Å². The number of hydrogen-bond donors (Lipinski definition) is 0. The molecular formula is C17H17N5O2. The normalized spacial score (nSPS) is 11.0. The Morgan fingerprint density at radius 1 is 1.42 bits per heavy atom. The van der Waals surface area contributed by atoms with Gasteiger partial charge in [-0.2, -0.15) is 15.5 Å². The molecule has 1 aromatic carbocycles. The Labute approximate surface area is 139 Å². The molecule has 0 fully saturated rings. The molecule has 3 aromatic rings. The molecule has 122 valence electrons. The number of fused-ring (bicyclic) bond motifs is 1. The van der Waals surface area contributed by atoms with E-state index in [-0.39, 0.29) is 6.04 Å². The van der Waals surface area contributed by atoms with E-state index in [4.69, 9.17) is 4.74 Å².